The molecule has 0 spiro atoms. The van der Waals surface area contributed by atoms with Gasteiger partial charge in [-0.05, 0) is 14.0 Å². The highest BCUT2D eigenvalue weighted by Gasteiger charge is 2.24. The molecule has 1 fully saturated rings. The van der Waals surface area contributed by atoms with E-state index in [-0.39, 0.29) is 0 Å². The zero-order valence-corrected chi connectivity index (χ0v) is 8.83. The Balaban J connectivity index is 1.97. The molecule has 78 valence electrons. The van der Waals surface area contributed by atoms with Crippen LogP contribution < -0.4 is 5.32 Å². The van der Waals surface area contributed by atoms with Crippen molar-refractivity contribution in [3.05, 3.63) is 18.2 Å². The maximum Gasteiger partial charge on any atom is 0.0921 e. The predicted molar refractivity (Wildman–Crippen MR) is 56.2 cm³/mol. The second-order valence-corrected chi connectivity index (χ2v) is 4.11. The molecule has 14 heavy (non-hydrogen) atoms. The van der Waals surface area contributed by atoms with E-state index in [0.29, 0.717) is 12.1 Å². The Hall–Kier alpha value is -0.870. The highest BCUT2D eigenvalue weighted by molar-refractivity contribution is 4.99. The van der Waals surface area contributed by atoms with Gasteiger partial charge in [0.15, 0.2) is 0 Å². The number of piperazine rings is 1. The number of aromatic amines is 1. The van der Waals surface area contributed by atoms with Gasteiger partial charge >= 0.3 is 0 Å². The van der Waals surface area contributed by atoms with Crippen LogP contribution in [0.1, 0.15) is 12.6 Å². The number of aromatic nitrogens is 2. The molecule has 0 saturated carbocycles. The van der Waals surface area contributed by atoms with Gasteiger partial charge in [0.2, 0.25) is 0 Å². The van der Waals surface area contributed by atoms with Crippen molar-refractivity contribution in [2.75, 3.05) is 20.1 Å². The first kappa shape index (κ1) is 9.68. The van der Waals surface area contributed by atoms with Crippen LogP contribution in [0.15, 0.2) is 12.5 Å². The second-order valence-electron chi connectivity index (χ2n) is 4.11. The fourth-order valence-electron chi connectivity index (χ4n) is 1.97. The Kier molecular flexibility index (Phi) is 2.84. The van der Waals surface area contributed by atoms with E-state index in [1.54, 1.807) is 6.33 Å². The lowest BCUT2D eigenvalue weighted by Gasteiger charge is -2.38. The molecule has 1 aliphatic rings. The van der Waals surface area contributed by atoms with E-state index in [9.17, 15) is 0 Å². The van der Waals surface area contributed by atoms with Gasteiger partial charge in [-0.3, -0.25) is 4.90 Å². The van der Waals surface area contributed by atoms with Crippen LogP contribution in [0.25, 0.3) is 0 Å². The van der Waals surface area contributed by atoms with Crippen LogP contribution in [0, 0.1) is 0 Å². The smallest absolute Gasteiger partial charge is 0.0921 e. The number of hydrogen-bond acceptors (Lipinski definition) is 3. The molecule has 2 rings (SSSR count). The van der Waals surface area contributed by atoms with Crippen molar-refractivity contribution in [3.8, 4) is 0 Å². The van der Waals surface area contributed by atoms with E-state index in [0.717, 1.165) is 19.5 Å². The summed E-state index contributed by atoms with van der Waals surface area (Å²) < 4.78 is 0. The quantitative estimate of drug-likeness (QED) is 0.709. The lowest BCUT2D eigenvalue weighted by atomic mass is 10.1. The SMILES string of the molecule is CC1CNC[C@@H](Cc2cnc[nH]2)N1C. The largest absolute Gasteiger partial charge is 0.348 e. The van der Waals surface area contributed by atoms with Crippen LogP contribution in [0.2, 0.25) is 0 Å². The van der Waals surface area contributed by atoms with Crippen molar-refractivity contribution in [2.24, 2.45) is 0 Å². The molecule has 4 nitrogen and oxygen atoms in total. The van der Waals surface area contributed by atoms with Crippen LogP contribution in [0.3, 0.4) is 0 Å². The van der Waals surface area contributed by atoms with Gasteiger partial charge in [0.05, 0.1) is 6.33 Å². The molecule has 1 aromatic heterocycles. The van der Waals surface area contributed by atoms with E-state index in [4.69, 9.17) is 0 Å². The molecule has 0 aromatic carbocycles. The highest BCUT2D eigenvalue weighted by Crippen LogP contribution is 2.10. The lowest BCUT2D eigenvalue weighted by molar-refractivity contribution is 0.139. The molecule has 0 aliphatic carbocycles. The zero-order chi connectivity index (χ0) is 9.97. The normalized spacial score (nSPS) is 29.3. The van der Waals surface area contributed by atoms with Crippen molar-refractivity contribution in [1.82, 2.24) is 20.2 Å². The Morgan fingerprint density at radius 1 is 1.57 bits per heavy atom. The Bertz CT molecular complexity index is 270. The van der Waals surface area contributed by atoms with Gasteiger partial charge in [-0.25, -0.2) is 4.98 Å². The van der Waals surface area contributed by atoms with Crippen LogP contribution in [0.5, 0.6) is 0 Å². The summed E-state index contributed by atoms with van der Waals surface area (Å²) >= 11 is 0. The zero-order valence-electron chi connectivity index (χ0n) is 8.83. The first-order chi connectivity index (χ1) is 6.77. The minimum Gasteiger partial charge on any atom is -0.348 e. The van der Waals surface area contributed by atoms with Gasteiger partial charge in [0.25, 0.3) is 0 Å². The standard InChI is InChI=1S/C10H18N4/c1-8-4-11-6-10(14(8)2)3-9-5-12-7-13-9/h5,7-8,10-11H,3-4,6H2,1-2H3,(H,12,13)/t8?,10-/m1/s1. The average Bonchev–Trinajstić information content (AvgIpc) is 2.66. The van der Waals surface area contributed by atoms with Gasteiger partial charge in [0, 0.05) is 43.5 Å². The van der Waals surface area contributed by atoms with Crippen LogP contribution in [-0.4, -0.2) is 47.1 Å². The minimum atomic E-state index is 0.583. The third-order valence-electron chi connectivity index (χ3n) is 3.10. The van der Waals surface area contributed by atoms with Crippen molar-refractivity contribution in [3.63, 3.8) is 0 Å². The van der Waals surface area contributed by atoms with E-state index in [2.05, 4.69) is 34.2 Å². The van der Waals surface area contributed by atoms with Gasteiger partial charge in [-0.1, -0.05) is 0 Å². The average molecular weight is 194 g/mol. The van der Waals surface area contributed by atoms with Crippen molar-refractivity contribution in [1.29, 1.82) is 0 Å². The molecule has 1 aliphatic heterocycles. The maximum absolute atomic E-state index is 4.04. The molecule has 1 unspecified atom stereocenters. The van der Waals surface area contributed by atoms with E-state index < -0.39 is 0 Å². The summed E-state index contributed by atoms with van der Waals surface area (Å²) in [5.74, 6) is 0. The van der Waals surface area contributed by atoms with Gasteiger partial charge in [-0.15, -0.1) is 0 Å². The molecule has 1 aromatic rings. The number of imidazole rings is 1. The molecule has 1 saturated heterocycles. The highest BCUT2D eigenvalue weighted by atomic mass is 15.2. The topological polar surface area (TPSA) is 44.0 Å². The fraction of sp³-hybridized carbons (Fsp3) is 0.700. The van der Waals surface area contributed by atoms with Crippen LogP contribution in [-0.2, 0) is 6.42 Å². The van der Waals surface area contributed by atoms with Gasteiger partial charge < -0.3 is 10.3 Å². The lowest BCUT2D eigenvalue weighted by Crippen LogP contribution is -2.55. The minimum absolute atomic E-state index is 0.583. The number of nitrogens with one attached hydrogen (secondary N) is 2. The second kappa shape index (κ2) is 4.11. The molecular weight excluding hydrogens is 176 g/mol. The molecule has 2 heterocycles. The summed E-state index contributed by atoms with van der Waals surface area (Å²) in [4.78, 5) is 9.63. The summed E-state index contributed by atoms with van der Waals surface area (Å²) in [6.45, 7) is 4.42. The van der Waals surface area contributed by atoms with Crippen LogP contribution in [0.4, 0.5) is 0 Å². The number of hydrogen-bond donors (Lipinski definition) is 2. The summed E-state index contributed by atoms with van der Waals surface area (Å²) in [6, 6.07) is 1.20. The third kappa shape index (κ3) is 1.96. The monoisotopic (exact) mass is 194 g/mol. The third-order valence-corrected chi connectivity index (χ3v) is 3.10. The number of rotatable bonds is 2. The summed E-state index contributed by atoms with van der Waals surface area (Å²) in [7, 11) is 2.20. The van der Waals surface area contributed by atoms with E-state index in [1.807, 2.05) is 6.20 Å². The molecular formula is C10H18N4. The predicted octanol–water partition coefficient (Wildman–Crippen LogP) is 0.244. The number of likely N-dealkylation sites (N-methyl/N-ethyl adjacent to an activating group) is 1. The molecule has 2 N–H and O–H groups in total. The van der Waals surface area contributed by atoms with E-state index in [1.165, 1.54) is 5.69 Å². The first-order valence-corrected chi connectivity index (χ1v) is 5.17. The number of nitrogens with zero attached hydrogens (tertiary/aromatic N) is 2. The first-order valence-electron chi connectivity index (χ1n) is 5.17. The molecule has 0 bridgehead atoms. The Morgan fingerprint density at radius 2 is 2.43 bits per heavy atom. The van der Waals surface area contributed by atoms with Crippen molar-refractivity contribution in [2.45, 2.75) is 25.4 Å². The van der Waals surface area contributed by atoms with E-state index >= 15 is 0 Å². The molecule has 0 radical (unpaired) electrons. The van der Waals surface area contributed by atoms with Gasteiger partial charge in [-0.2, -0.15) is 0 Å². The Labute approximate surface area is 84.7 Å². The maximum atomic E-state index is 4.04. The molecule has 0 amide bonds. The molecule has 2 atom stereocenters. The summed E-state index contributed by atoms with van der Waals surface area (Å²) in [5, 5.41) is 3.45. The summed E-state index contributed by atoms with van der Waals surface area (Å²) in [5.41, 5.74) is 1.22. The fourth-order valence-corrected chi connectivity index (χ4v) is 1.97. The van der Waals surface area contributed by atoms with Crippen molar-refractivity contribution < 1.29 is 0 Å². The Morgan fingerprint density at radius 3 is 3.14 bits per heavy atom. The van der Waals surface area contributed by atoms with Crippen molar-refractivity contribution >= 4 is 0 Å². The van der Waals surface area contributed by atoms with Gasteiger partial charge in [0.1, 0.15) is 0 Å². The molecule has 4 heteroatoms. The number of H-pyrrole nitrogens is 1. The summed E-state index contributed by atoms with van der Waals surface area (Å²) in [6.07, 6.45) is 4.70. The van der Waals surface area contributed by atoms with Crippen LogP contribution >= 0.6 is 0 Å².